The van der Waals surface area contributed by atoms with E-state index >= 15 is 0 Å². The molecule has 10 heteroatoms. The largest absolute Gasteiger partial charge is 0.507 e. The van der Waals surface area contributed by atoms with Gasteiger partial charge in [-0.2, -0.15) is 10.1 Å². The third-order valence-electron chi connectivity index (χ3n) is 4.02. The van der Waals surface area contributed by atoms with Crippen LogP contribution in [0.15, 0.2) is 37.4 Å². The fourth-order valence-corrected chi connectivity index (χ4v) is 3.01. The first-order chi connectivity index (χ1) is 12.3. The third-order valence-corrected chi connectivity index (χ3v) is 4.52. The molecule has 0 atom stereocenters. The maximum absolute atomic E-state index is 12.5. The summed E-state index contributed by atoms with van der Waals surface area (Å²) in [5, 5.41) is 13.9. The number of halogens is 1. The van der Waals surface area contributed by atoms with Crippen LogP contribution in [0.1, 0.15) is 12.5 Å². The minimum atomic E-state index is -0.447. The van der Waals surface area contributed by atoms with Crippen LogP contribution in [-0.4, -0.2) is 30.0 Å². The van der Waals surface area contributed by atoms with Crippen molar-refractivity contribution >= 4 is 39.3 Å². The van der Waals surface area contributed by atoms with E-state index in [1.54, 1.807) is 29.8 Å². The SMILES string of the molecule is CCn1c(N/N=C/c2cc(Br)ccc2O)nc2c1c(=O)n(C)c(=O)n2C. The van der Waals surface area contributed by atoms with Gasteiger partial charge in [0.15, 0.2) is 11.2 Å². The van der Waals surface area contributed by atoms with Gasteiger partial charge in [0.2, 0.25) is 5.95 Å². The van der Waals surface area contributed by atoms with E-state index < -0.39 is 11.2 Å². The number of anilines is 1. The van der Waals surface area contributed by atoms with Crippen LogP contribution in [0, 0.1) is 0 Å². The predicted molar refractivity (Wildman–Crippen MR) is 103 cm³/mol. The maximum Gasteiger partial charge on any atom is 0.332 e. The highest BCUT2D eigenvalue weighted by Crippen LogP contribution is 2.20. The van der Waals surface area contributed by atoms with Gasteiger partial charge in [0, 0.05) is 30.7 Å². The summed E-state index contributed by atoms with van der Waals surface area (Å²) < 4.78 is 4.81. The molecule has 2 aromatic heterocycles. The zero-order valence-electron chi connectivity index (χ0n) is 14.4. The normalized spacial score (nSPS) is 11.5. The number of imidazole rings is 1. The summed E-state index contributed by atoms with van der Waals surface area (Å²) in [6.07, 6.45) is 1.44. The lowest BCUT2D eigenvalue weighted by Crippen LogP contribution is -2.37. The first kappa shape index (κ1) is 17.9. The topological polar surface area (TPSA) is 106 Å². The summed E-state index contributed by atoms with van der Waals surface area (Å²) >= 11 is 3.33. The van der Waals surface area contributed by atoms with Gasteiger partial charge in [-0.15, -0.1) is 0 Å². The van der Waals surface area contributed by atoms with Gasteiger partial charge < -0.3 is 9.67 Å². The molecule has 0 fully saturated rings. The predicted octanol–water partition coefficient (Wildman–Crippen LogP) is 1.37. The monoisotopic (exact) mass is 420 g/mol. The molecule has 0 radical (unpaired) electrons. The number of aromatic nitrogens is 4. The minimum Gasteiger partial charge on any atom is -0.507 e. The van der Waals surface area contributed by atoms with Crippen LogP contribution in [0.25, 0.3) is 11.2 Å². The van der Waals surface area contributed by atoms with E-state index in [4.69, 9.17) is 0 Å². The van der Waals surface area contributed by atoms with Crippen molar-refractivity contribution in [2.45, 2.75) is 13.5 Å². The van der Waals surface area contributed by atoms with E-state index in [9.17, 15) is 14.7 Å². The number of hydrazone groups is 1. The number of hydrogen-bond acceptors (Lipinski definition) is 6. The number of phenols is 1. The average molecular weight is 421 g/mol. The van der Waals surface area contributed by atoms with Crippen molar-refractivity contribution in [1.29, 1.82) is 0 Å². The van der Waals surface area contributed by atoms with Crippen LogP contribution in [0.5, 0.6) is 5.75 Å². The van der Waals surface area contributed by atoms with Gasteiger partial charge >= 0.3 is 5.69 Å². The molecule has 2 heterocycles. The number of hydrogen-bond donors (Lipinski definition) is 2. The Balaban J connectivity index is 2.06. The van der Waals surface area contributed by atoms with Crippen LogP contribution < -0.4 is 16.7 Å². The smallest absolute Gasteiger partial charge is 0.332 e. The first-order valence-corrected chi connectivity index (χ1v) is 8.58. The Kier molecular flexibility index (Phi) is 4.68. The fourth-order valence-electron chi connectivity index (χ4n) is 2.63. The Labute approximate surface area is 156 Å². The van der Waals surface area contributed by atoms with Crippen LogP contribution >= 0.6 is 15.9 Å². The zero-order chi connectivity index (χ0) is 19.0. The molecule has 0 unspecified atom stereocenters. The molecule has 0 spiro atoms. The molecule has 0 aliphatic rings. The summed E-state index contributed by atoms with van der Waals surface area (Å²) in [6.45, 7) is 2.32. The molecule has 0 bridgehead atoms. The maximum atomic E-state index is 12.5. The Hall–Kier alpha value is -2.88. The van der Waals surface area contributed by atoms with Crippen molar-refractivity contribution in [2.75, 3.05) is 5.43 Å². The quantitative estimate of drug-likeness (QED) is 0.489. The number of nitrogens with one attached hydrogen (secondary N) is 1. The molecule has 0 saturated heterocycles. The lowest BCUT2D eigenvalue weighted by Gasteiger charge is -2.06. The van der Waals surface area contributed by atoms with E-state index in [2.05, 4.69) is 31.4 Å². The summed E-state index contributed by atoms with van der Waals surface area (Å²) in [5.41, 5.74) is 3.02. The molecule has 136 valence electrons. The zero-order valence-corrected chi connectivity index (χ0v) is 16.0. The first-order valence-electron chi connectivity index (χ1n) is 7.79. The van der Waals surface area contributed by atoms with Crippen LogP contribution in [-0.2, 0) is 20.6 Å². The molecule has 3 rings (SSSR count). The van der Waals surface area contributed by atoms with E-state index in [0.29, 0.717) is 23.6 Å². The fraction of sp³-hybridized carbons (Fsp3) is 0.250. The highest BCUT2D eigenvalue weighted by atomic mass is 79.9. The van der Waals surface area contributed by atoms with Crippen LogP contribution in [0.4, 0.5) is 5.95 Å². The van der Waals surface area contributed by atoms with E-state index in [-0.39, 0.29) is 11.4 Å². The van der Waals surface area contributed by atoms with Crippen molar-refractivity contribution in [3.05, 3.63) is 49.1 Å². The second-order valence-electron chi connectivity index (χ2n) is 5.63. The third kappa shape index (κ3) is 2.92. The lowest BCUT2D eigenvalue weighted by molar-refractivity contribution is 0.474. The molecule has 3 aromatic rings. The second kappa shape index (κ2) is 6.79. The van der Waals surface area contributed by atoms with Crippen molar-refractivity contribution in [3.8, 4) is 5.75 Å². The van der Waals surface area contributed by atoms with Crippen molar-refractivity contribution in [3.63, 3.8) is 0 Å². The Morgan fingerprint density at radius 3 is 2.73 bits per heavy atom. The summed E-state index contributed by atoms with van der Waals surface area (Å²) in [7, 11) is 2.99. The van der Waals surface area contributed by atoms with Gasteiger partial charge in [-0.1, -0.05) is 15.9 Å². The number of aromatic hydroxyl groups is 1. The molecular weight excluding hydrogens is 404 g/mol. The van der Waals surface area contributed by atoms with Crippen molar-refractivity contribution in [1.82, 2.24) is 18.7 Å². The molecule has 0 aliphatic heterocycles. The van der Waals surface area contributed by atoms with Gasteiger partial charge in [0.25, 0.3) is 5.56 Å². The van der Waals surface area contributed by atoms with Gasteiger partial charge in [0.05, 0.1) is 6.21 Å². The number of nitrogens with zero attached hydrogens (tertiary/aromatic N) is 5. The number of fused-ring (bicyclic) bond motifs is 1. The Bertz CT molecular complexity index is 1140. The van der Waals surface area contributed by atoms with E-state index in [1.807, 2.05) is 6.92 Å². The molecule has 26 heavy (non-hydrogen) atoms. The summed E-state index contributed by atoms with van der Waals surface area (Å²) in [5.74, 6) is 0.408. The minimum absolute atomic E-state index is 0.0824. The standard InChI is InChI=1S/C16H17BrN6O3/c1-4-23-12-13(21(2)16(26)22(3)14(12)25)19-15(23)20-18-8-9-7-10(17)5-6-11(9)24/h5-8,24H,4H2,1-3H3,(H,19,20)/b18-8+. The van der Waals surface area contributed by atoms with E-state index in [1.165, 1.54) is 17.8 Å². The number of benzene rings is 1. The van der Waals surface area contributed by atoms with Crippen LogP contribution in [0.2, 0.25) is 0 Å². The highest BCUT2D eigenvalue weighted by Gasteiger charge is 2.17. The summed E-state index contributed by atoms with van der Waals surface area (Å²) in [4.78, 5) is 28.9. The molecule has 0 aliphatic carbocycles. The van der Waals surface area contributed by atoms with Crippen molar-refractivity contribution in [2.24, 2.45) is 19.2 Å². The average Bonchev–Trinajstić information content (AvgIpc) is 2.99. The second-order valence-corrected chi connectivity index (χ2v) is 6.55. The molecule has 0 amide bonds. The van der Waals surface area contributed by atoms with E-state index in [0.717, 1.165) is 9.04 Å². The van der Waals surface area contributed by atoms with Crippen LogP contribution in [0.3, 0.4) is 0 Å². The Morgan fingerprint density at radius 2 is 2.04 bits per heavy atom. The van der Waals surface area contributed by atoms with Gasteiger partial charge in [0.1, 0.15) is 5.75 Å². The molecule has 1 aromatic carbocycles. The molecular formula is C16H17BrN6O3. The number of phenolic OH excluding ortho intramolecular Hbond substituents is 1. The summed E-state index contributed by atoms with van der Waals surface area (Å²) in [6, 6.07) is 4.97. The highest BCUT2D eigenvalue weighted by molar-refractivity contribution is 9.10. The lowest BCUT2D eigenvalue weighted by atomic mass is 10.2. The number of rotatable bonds is 4. The molecule has 2 N–H and O–H groups in total. The molecule has 9 nitrogen and oxygen atoms in total. The van der Waals surface area contributed by atoms with Gasteiger partial charge in [-0.05, 0) is 25.1 Å². The van der Waals surface area contributed by atoms with Crippen molar-refractivity contribution < 1.29 is 5.11 Å². The molecule has 0 saturated carbocycles. The Morgan fingerprint density at radius 1 is 1.31 bits per heavy atom. The number of aryl methyl sites for hydroxylation is 2. The van der Waals surface area contributed by atoms with Gasteiger partial charge in [-0.25, -0.2) is 10.2 Å². The van der Waals surface area contributed by atoms with Gasteiger partial charge in [-0.3, -0.25) is 13.9 Å².